The fraction of sp³-hybridized carbons (Fsp3) is 0.100. The molecule has 0 saturated carbocycles. The summed E-state index contributed by atoms with van der Waals surface area (Å²) in [5.41, 5.74) is 0. The summed E-state index contributed by atoms with van der Waals surface area (Å²) < 4.78 is 6.00. The zero-order valence-electron chi connectivity index (χ0n) is 7.27. The van der Waals surface area contributed by atoms with Crippen molar-refractivity contribution < 1.29 is 14.6 Å². The molecular formula is C10H8O3S. The first-order valence-electron chi connectivity index (χ1n) is 4.09. The molecule has 2 rings (SSSR count). The summed E-state index contributed by atoms with van der Waals surface area (Å²) in [6, 6.07) is 7.64. The first kappa shape index (κ1) is 9.18. The number of ether oxygens (including phenoxy) is 1. The van der Waals surface area contributed by atoms with E-state index in [9.17, 15) is 4.79 Å². The van der Waals surface area contributed by atoms with E-state index in [0.717, 1.165) is 10.1 Å². The summed E-state index contributed by atoms with van der Waals surface area (Å²) in [6.45, 7) is -0.593. The highest BCUT2D eigenvalue weighted by Crippen LogP contribution is 2.31. The lowest BCUT2D eigenvalue weighted by Gasteiger charge is -1.99. The Hall–Kier alpha value is -1.39. The van der Waals surface area contributed by atoms with Gasteiger partial charge in [0.15, 0.2) is 0 Å². The Kier molecular flexibility index (Phi) is 2.47. The molecule has 0 radical (unpaired) electrons. The summed E-state index contributed by atoms with van der Waals surface area (Å²) in [5.74, 6) is -0.113. The molecule has 0 saturated heterocycles. The van der Waals surface area contributed by atoms with E-state index in [-0.39, 0.29) is 0 Å². The van der Waals surface area contributed by atoms with Crippen molar-refractivity contribution in [2.45, 2.75) is 0 Å². The van der Waals surface area contributed by atoms with E-state index in [4.69, 9.17) is 9.84 Å². The number of carbonyl (C=O) groups is 1. The Bertz CT molecular complexity index is 461. The van der Waals surface area contributed by atoms with E-state index in [1.54, 1.807) is 5.38 Å². The standard InChI is InChI=1S/C10H8O3S/c11-5-10(12)13-8-6-14-9-4-2-1-3-7(8)9/h1-4,6,11H,5H2. The van der Waals surface area contributed by atoms with Crippen LogP contribution in [-0.2, 0) is 4.79 Å². The van der Waals surface area contributed by atoms with E-state index in [2.05, 4.69) is 0 Å². The van der Waals surface area contributed by atoms with Crippen LogP contribution in [-0.4, -0.2) is 17.7 Å². The van der Waals surface area contributed by atoms with Crippen molar-refractivity contribution in [3.63, 3.8) is 0 Å². The molecular weight excluding hydrogens is 200 g/mol. The predicted molar refractivity (Wildman–Crippen MR) is 54.5 cm³/mol. The van der Waals surface area contributed by atoms with Gasteiger partial charge in [0, 0.05) is 15.5 Å². The molecule has 2 aromatic rings. The van der Waals surface area contributed by atoms with Crippen LogP contribution in [0.5, 0.6) is 5.75 Å². The first-order chi connectivity index (χ1) is 6.81. The molecule has 0 spiro atoms. The SMILES string of the molecule is O=C(CO)Oc1csc2ccccc12. The average Bonchev–Trinajstić information content (AvgIpc) is 2.62. The maximum absolute atomic E-state index is 10.9. The molecule has 4 heteroatoms. The van der Waals surface area contributed by atoms with Crippen molar-refractivity contribution >= 4 is 27.4 Å². The third-order valence-corrected chi connectivity index (χ3v) is 2.74. The van der Waals surface area contributed by atoms with E-state index < -0.39 is 12.6 Å². The number of benzene rings is 1. The number of rotatable bonds is 2. The van der Waals surface area contributed by atoms with E-state index in [0.29, 0.717) is 5.75 Å². The molecule has 1 aromatic carbocycles. The number of fused-ring (bicyclic) bond motifs is 1. The lowest BCUT2D eigenvalue weighted by molar-refractivity contribution is -0.137. The van der Waals surface area contributed by atoms with Crippen LogP contribution >= 0.6 is 11.3 Å². The van der Waals surface area contributed by atoms with Gasteiger partial charge in [-0.05, 0) is 12.1 Å². The Morgan fingerprint density at radius 2 is 2.21 bits per heavy atom. The molecule has 0 aliphatic rings. The third-order valence-electron chi connectivity index (χ3n) is 1.80. The van der Waals surface area contributed by atoms with Crippen molar-refractivity contribution in [1.29, 1.82) is 0 Å². The number of carbonyl (C=O) groups excluding carboxylic acids is 1. The normalized spacial score (nSPS) is 10.4. The maximum atomic E-state index is 10.9. The Morgan fingerprint density at radius 1 is 1.43 bits per heavy atom. The molecule has 0 aliphatic heterocycles. The smallest absolute Gasteiger partial charge is 0.337 e. The number of thiophene rings is 1. The van der Waals surface area contributed by atoms with Gasteiger partial charge >= 0.3 is 5.97 Å². The largest absolute Gasteiger partial charge is 0.423 e. The van der Waals surface area contributed by atoms with E-state index in [1.165, 1.54) is 11.3 Å². The van der Waals surface area contributed by atoms with Crippen molar-refractivity contribution in [3.05, 3.63) is 29.6 Å². The Morgan fingerprint density at radius 3 is 3.00 bits per heavy atom. The summed E-state index contributed by atoms with van der Waals surface area (Å²) in [4.78, 5) is 10.9. The fourth-order valence-electron chi connectivity index (χ4n) is 1.19. The van der Waals surface area contributed by atoms with Gasteiger partial charge in [-0.3, -0.25) is 0 Å². The lowest BCUT2D eigenvalue weighted by Crippen LogP contribution is -2.11. The van der Waals surface area contributed by atoms with Crippen molar-refractivity contribution in [3.8, 4) is 5.75 Å². The van der Waals surface area contributed by atoms with Gasteiger partial charge in [-0.2, -0.15) is 0 Å². The highest BCUT2D eigenvalue weighted by atomic mass is 32.1. The minimum absolute atomic E-state index is 0.518. The van der Waals surface area contributed by atoms with Crippen LogP contribution in [0.4, 0.5) is 0 Å². The first-order valence-corrected chi connectivity index (χ1v) is 4.97. The lowest BCUT2D eigenvalue weighted by atomic mass is 10.2. The second-order valence-electron chi connectivity index (χ2n) is 2.73. The second-order valence-corrected chi connectivity index (χ2v) is 3.64. The summed E-state index contributed by atoms with van der Waals surface area (Å²) in [5, 5.41) is 11.2. The molecule has 0 aliphatic carbocycles. The molecule has 72 valence electrons. The summed E-state index contributed by atoms with van der Waals surface area (Å²) in [6.07, 6.45) is 0. The highest BCUT2D eigenvalue weighted by molar-refractivity contribution is 7.17. The molecule has 0 fully saturated rings. The minimum atomic E-state index is -0.631. The van der Waals surface area contributed by atoms with Crippen LogP contribution in [0.3, 0.4) is 0 Å². The van der Waals surface area contributed by atoms with Crippen LogP contribution in [0, 0.1) is 0 Å². The summed E-state index contributed by atoms with van der Waals surface area (Å²) in [7, 11) is 0. The van der Waals surface area contributed by atoms with Crippen molar-refractivity contribution in [1.82, 2.24) is 0 Å². The number of hydrogen-bond acceptors (Lipinski definition) is 4. The number of esters is 1. The van der Waals surface area contributed by atoms with Crippen molar-refractivity contribution in [2.75, 3.05) is 6.61 Å². The van der Waals surface area contributed by atoms with Crippen LogP contribution < -0.4 is 4.74 Å². The minimum Gasteiger partial charge on any atom is -0.423 e. The Balaban J connectivity index is 2.38. The Labute approximate surface area is 84.6 Å². The molecule has 0 bridgehead atoms. The van der Waals surface area contributed by atoms with Gasteiger partial charge in [-0.1, -0.05) is 12.1 Å². The second kappa shape index (κ2) is 3.77. The number of hydrogen-bond donors (Lipinski definition) is 1. The van der Waals surface area contributed by atoms with Crippen molar-refractivity contribution in [2.24, 2.45) is 0 Å². The van der Waals surface area contributed by atoms with Gasteiger partial charge in [0.25, 0.3) is 0 Å². The van der Waals surface area contributed by atoms with E-state index >= 15 is 0 Å². The monoisotopic (exact) mass is 208 g/mol. The number of aliphatic hydroxyl groups excluding tert-OH is 1. The van der Waals surface area contributed by atoms with Gasteiger partial charge in [-0.25, -0.2) is 4.79 Å². The van der Waals surface area contributed by atoms with E-state index in [1.807, 2.05) is 24.3 Å². The molecule has 0 amide bonds. The van der Waals surface area contributed by atoms with Gasteiger partial charge in [0.2, 0.25) is 0 Å². The van der Waals surface area contributed by atoms with Crippen LogP contribution in [0.1, 0.15) is 0 Å². The number of aliphatic hydroxyl groups is 1. The summed E-state index contributed by atoms with van der Waals surface area (Å²) >= 11 is 1.51. The molecule has 1 N–H and O–H groups in total. The predicted octanol–water partition coefficient (Wildman–Crippen LogP) is 1.80. The molecule has 1 aromatic heterocycles. The molecule has 0 atom stereocenters. The van der Waals surface area contributed by atoms with Gasteiger partial charge in [0.1, 0.15) is 12.4 Å². The third kappa shape index (κ3) is 1.62. The van der Waals surface area contributed by atoms with Crippen LogP contribution in [0.2, 0.25) is 0 Å². The zero-order chi connectivity index (χ0) is 9.97. The molecule has 1 heterocycles. The zero-order valence-corrected chi connectivity index (χ0v) is 8.08. The van der Waals surface area contributed by atoms with Gasteiger partial charge < -0.3 is 9.84 Å². The fourth-order valence-corrected chi connectivity index (χ4v) is 2.05. The molecule has 3 nitrogen and oxygen atoms in total. The van der Waals surface area contributed by atoms with Gasteiger partial charge in [0.05, 0.1) is 0 Å². The topological polar surface area (TPSA) is 46.5 Å². The highest BCUT2D eigenvalue weighted by Gasteiger charge is 2.08. The molecule has 14 heavy (non-hydrogen) atoms. The van der Waals surface area contributed by atoms with Gasteiger partial charge in [-0.15, -0.1) is 11.3 Å². The van der Waals surface area contributed by atoms with Crippen LogP contribution in [0.25, 0.3) is 10.1 Å². The average molecular weight is 208 g/mol. The van der Waals surface area contributed by atoms with Crippen LogP contribution in [0.15, 0.2) is 29.6 Å². The molecule has 0 unspecified atom stereocenters. The maximum Gasteiger partial charge on any atom is 0.337 e. The quantitative estimate of drug-likeness (QED) is 0.765.